The summed E-state index contributed by atoms with van der Waals surface area (Å²) < 4.78 is 2.33. The standard InChI is InChI=1S/C18H32Cl2N4O2.2ClH/c19-3-1-17(25)21-5-9-23(10-6-21)13-15-24(16-14-23)11-7-22(8-12-24)18(26)2-4-20;;/h1-16H2;2*1H/q+2;;/p-2. The zero-order valence-electron chi connectivity index (χ0n) is 16.4. The van der Waals surface area contributed by atoms with Crippen molar-refractivity contribution in [2.45, 2.75) is 12.8 Å². The summed E-state index contributed by atoms with van der Waals surface area (Å²) in [5, 5.41) is 0. The van der Waals surface area contributed by atoms with Crippen molar-refractivity contribution >= 4 is 35.0 Å². The lowest BCUT2D eigenvalue weighted by atomic mass is 10.1. The van der Waals surface area contributed by atoms with Crippen molar-refractivity contribution in [2.75, 3.05) is 90.3 Å². The number of amides is 2. The summed E-state index contributed by atoms with van der Waals surface area (Å²) in [5.41, 5.74) is 0. The first-order chi connectivity index (χ1) is 12.5. The van der Waals surface area contributed by atoms with Crippen molar-refractivity contribution in [2.24, 2.45) is 0 Å². The number of alkyl halides is 2. The highest BCUT2D eigenvalue weighted by molar-refractivity contribution is 6.19. The van der Waals surface area contributed by atoms with Crippen LogP contribution in [0.25, 0.3) is 0 Å². The first kappa shape index (κ1) is 26.1. The van der Waals surface area contributed by atoms with Gasteiger partial charge in [0.2, 0.25) is 11.8 Å². The third kappa shape index (κ3) is 6.02. The second-order valence-corrected chi connectivity index (χ2v) is 8.87. The molecule has 0 atom stereocenters. The molecule has 3 saturated heterocycles. The molecule has 3 aliphatic heterocycles. The van der Waals surface area contributed by atoms with Gasteiger partial charge in [-0.1, -0.05) is 0 Å². The average molecular weight is 478 g/mol. The fourth-order valence-electron chi connectivity index (χ4n) is 4.72. The van der Waals surface area contributed by atoms with E-state index < -0.39 is 0 Å². The van der Waals surface area contributed by atoms with Gasteiger partial charge in [-0.15, -0.1) is 23.2 Å². The number of quaternary nitrogens is 2. The molecule has 0 aromatic carbocycles. The summed E-state index contributed by atoms with van der Waals surface area (Å²) in [6.07, 6.45) is 0.918. The Morgan fingerprint density at radius 1 is 0.607 bits per heavy atom. The Kier molecular flexibility index (Phi) is 10.6. The van der Waals surface area contributed by atoms with E-state index in [-0.39, 0.29) is 36.6 Å². The summed E-state index contributed by atoms with van der Waals surface area (Å²) in [6, 6.07) is 0. The minimum atomic E-state index is 0. The molecule has 0 unspecified atom stereocenters. The van der Waals surface area contributed by atoms with E-state index in [4.69, 9.17) is 23.2 Å². The molecule has 28 heavy (non-hydrogen) atoms. The molecule has 0 aliphatic carbocycles. The molecule has 2 amide bonds. The van der Waals surface area contributed by atoms with Crippen LogP contribution in [-0.4, -0.2) is 121 Å². The van der Waals surface area contributed by atoms with Crippen LogP contribution in [0.5, 0.6) is 0 Å². The number of halogens is 4. The summed E-state index contributed by atoms with van der Waals surface area (Å²) in [4.78, 5) is 28.1. The Bertz CT molecular complexity index is 464. The number of piperazine rings is 3. The van der Waals surface area contributed by atoms with E-state index in [2.05, 4.69) is 0 Å². The van der Waals surface area contributed by atoms with Crippen LogP contribution in [0.4, 0.5) is 0 Å². The summed E-state index contributed by atoms with van der Waals surface area (Å²) in [5.74, 6) is 1.24. The Hall–Kier alpha value is 0.0200. The van der Waals surface area contributed by atoms with E-state index in [1.165, 1.54) is 35.1 Å². The van der Waals surface area contributed by atoms with Crippen molar-refractivity contribution in [1.29, 1.82) is 0 Å². The molecule has 0 saturated carbocycles. The maximum Gasteiger partial charge on any atom is 0.224 e. The fourth-order valence-corrected chi connectivity index (χ4v) is 5.05. The van der Waals surface area contributed by atoms with Crippen LogP contribution in [0, 0.1) is 0 Å². The lowest BCUT2D eigenvalue weighted by molar-refractivity contribution is -1.03. The lowest BCUT2D eigenvalue weighted by Crippen LogP contribution is -3.00. The molecule has 3 heterocycles. The van der Waals surface area contributed by atoms with Gasteiger partial charge in [-0.25, -0.2) is 0 Å². The van der Waals surface area contributed by atoms with Crippen molar-refractivity contribution in [1.82, 2.24) is 9.80 Å². The van der Waals surface area contributed by atoms with Crippen LogP contribution in [0.2, 0.25) is 0 Å². The number of hydrogen-bond acceptors (Lipinski definition) is 2. The predicted molar refractivity (Wildman–Crippen MR) is 103 cm³/mol. The molecule has 0 aromatic rings. The van der Waals surface area contributed by atoms with E-state index in [0.717, 1.165) is 52.4 Å². The Morgan fingerprint density at radius 2 is 0.893 bits per heavy atom. The molecular formula is C18H32Cl4N4O2. The molecule has 2 spiro atoms. The molecule has 0 radical (unpaired) electrons. The van der Waals surface area contributed by atoms with Gasteiger partial charge in [0.15, 0.2) is 0 Å². The van der Waals surface area contributed by atoms with Gasteiger partial charge in [0.05, 0.1) is 52.4 Å². The van der Waals surface area contributed by atoms with Crippen LogP contribution < -0.4 is 24.8 Å². The zero-order valence-corrected chi connectivity index (χ0v) is 19.5. The number of hydrogen-bond donors (Lipinski definition) is 0. The molecule has 3 fully saturated rings. The first-order valence-electron chi connectivity index (χ1n) is 9.89. The number of carbonyl (C=O) groups is 2. The molecule has 0 N–H and O–H groups in total. The van der Waals surface area contributed by atoms with Crippen molar-refractivity contribution < 1.29 is 43.4 Å². The van der Waals surface area contributed by atoms with Crippen molar-refractivity contribution in [3.63, 3.8) is 0 Å². The Labute approximate surface area is 191 Å². The van der Waals surface area contributed by atoms with Gasteiger partial charge in [0, 0.05) is 24.6 Å². The normalized spacial score (nSPS) is 23.1. The number of carbonyl (C=O) groups excluding carboxylic acids is 2. The smallest absolute Gasteiger partial charge is 0.224 e. The quantitative estimate of drug-likeness (QED) is 0.299. The summed E-state index contributed by atoms with van der Waals surface area (Å²) in [6.45, 7) is 12.6. The van der Waals surface area contributed by atoms with Crippen LogP contribution in [0.15, 0.2) is 0 Å². The van der Waals surface area contributed by atoms with Crippen LogP contribution >= 0.6 is 23.2 Å². The third-order valence-electron chi connectivity index (χ3n) is 6.80. The van der Waals surface area contributed by atoms with Gasteiger partial charge in [-0.2, -0.15) is 0 Å². The lowest BCUT2D eigenvalue weighted by Gasteiger charge is -2.54. The minimum Gasteiger partial charge on any atom is -1.00 e. The maximum atomic E-state index is 12.0. The monoisotopic (exact) mass is 476 g/mol. The van der Waals surface area contributed by atoms with E-state index in [9.17, 15) is 9.59 Å². The van der Waals surface area contributed by atoms with Crippen LogP contribution in [-0.2, 0) is 9.59 Å². The largest absolute Gasteiger partial charge is 1.00 e. The Morgan fingerprint density at radius 3 is 1.14 bits per heavy atom. The molecule has 3 rings (SSSR count). The van der Waals surface area contributed by atoms with Gasteiger partial charge in [0.1, 0.15) is 26.2 Å². The highest BCUT2D eigenvalue weighted by atomic mass is 35.5. The van der Waals surface area contributed by atoms with Crippen molar-refractivity contribution in [3.05, 3.63) is 0 Å². The molecule has 164 valence electrons. The van der Waals surface area contributed by atoms with Gasteiger partial charge in [-0.3, -0.25) is 9.59 Å². The molecule has 10 heteroatoms. The summed E-state index contributed by atoms with van der Waals surface area (Å²) >= 11 is 11.4. The maximum absolute atomic E-state index is 12.0. The van der Waals surface area contributed by atoms with Crippen LogP contribution in [0.1, 0.15) is 12.8 Å². The van der Waals surface area contributed by atoms with E-state index in [0.29, 0.717) is 24.6 Å². The highest BCUT2D eigenvalue weighted by Gasteiger charge is 2.45. The fraction of sp³-hybridized carbons (Fsp3) is 0.889. The third-order valence-corrected chi connectivity index (χ3v) is 7.17. The average Bonchev–Trinajstić information content (AvgIpc) is 2.66. The molecule has 6 nitrogen and oxygen atoms in total. The molecule has 0 bridgehead atoms. The Balaban J connectivity index is 0.00000196. The zero-order chi connectivity index (χ0) is 18.6. The van der Waals surface area contributed by atoms with E-state index >= 15 is 0 Å². The van der Waals surface area contributed by atoms with Gasteiger partial charge < -0.3 is 43.6 Å². The van der Waals surface area contributed by atoms with Gasteiger partial charge >= 0.3 is 0 Å². The van der Waals surface area contributed by atoms with Gasteiger partial charge in [-0.05, 0) is 0 Å². The predicted octanol–water partition coefficient (Wildman–Crippen LogP) is -5.42. The second kappa shape index (κ2) is 11.4. The van der Waals surface area contributed by atoms with Crippen LogP contribution in [0.3, 0.4) is 0 Å². The van der Waals surface area contributed by atoms with Gasteiger partial charge in [0.25, 0.3) is 0 Å². The summed E-state index contributed by atoms with van der Waals surface area (Å²) in [7, 11) is 0. The number of rotatable bonds is 4. The topological polar surface area (TPSA) is 40.6 Å². The van der Waals surface area contributed by atoms with Crippen molar-refractivity contribution in [3.8, 4) is 0 Å². The molecule has 0 aromatic heterocycles. The highest BCUT2D eigenvalue weighted by Crippen LogP contribution is 2.24. The molecule has 3 aliphatic rings. The second-order valence-electron chi connectivity index (χ2n) is 8.11. The van der Waals surface area contributed by atoms with E-state index in [1.54, 1.807) is 0 Å². The molecular weight excluding hydrogens is 446 g/mol. The van der Waals surface area contributed by atoms with E-state index in [1.807, 2.05) is 9.80 Å². The SMILES string of the molecule is O=C(CCCl)N1CC[N+]2(CC1)CC[N+]1(CCN(C(=O)CCCl)CC1)CC2.[Cl-].[Cl-]. The number of nitrogens with zero attached hydrogens (tertiary/aromatic N) is 4. The minimum absolute atomic E-state index is 0. The first-order valence-corrected chi connectivity index (χ1v) is 11.0.